The molecule has 0 amide bonds. The van der Waals surface area contributed by atoms with Crippen LogP contribution < -0.4 is 0 Å². The van der Waals surface area contributed by atoms with Crippen LogP contribution in [-0.2, 0) is 11.2 Å². The van der Waals surface area contributed by atoms with Crippen LogP contribution in [-0.4, -0.2) is 11.3 Å². The Labute approximate surface area is 73.9 Å². The standard InChI is InChI=1S/C9H7NOS/c11-5-4-7-2-1-3-8-9(7)12-6-10-8/h1-3,5-6H,4H2. The largest absolute Gasteiger partial charge is 0.303 e. The van der Waals surface area contributed by atoms with Crippen LogP contribution in [0.2, 0.25) is 0 Å². The van der Waals surface area contributed by atoms with Crippen LogP contribution in [0.25, 0.3) is 10.2 Å². The summed E-state index contributed by atoms with van der Waals surface area (Å²) in [6, 6.07) is 5.86. The Kier molecular flexibility index (Phi) is 1.87. The van der Waals surface area contributed by atoms with E-state index in [1.54, 1.807) is 16.8 Å². The van der Waals surface area contributed by atoms with Crippen molar-refractivity contribution in [2.24, 2.45) is 0 Å². The average molecular weight is 177 g/mol. The first-order chi connectivity index (χ1) is 5.92. The van der Waals surface area contributed by atoms with E-state index in [4.69, 9.17) is 0 Å². The molecule has 0 aliphatic heterocycles. The third-order valence-corrected chi connectivity index (χ3v) is 2.66. The van der Waals surface area contributed by atoms with E-state index in [0.29, 0.717) is 6.42 Å². The Morgan fingerprint density at radius 3 is 3.25 bits per heavy atom. The van der Waals surface area contributed by atoms with Gasteiger partial charge in [-0.15, -0.1) is 11.3 Å². The van der Waals surface area contributed by atoms with Gasteiger partial charge < -0.3 is 4.79 Å². The van der Waals surface area contributed by atoms with E-state index in [2.05, 4.69) is 4.98 Å². The monoisotopic (exact) mass is 177 g/mol. The predicted molar refractivity (Wildman–Crippen MR) is 49.4 cm³/mol. The number of aromatic nitrogens is 1. The molecule has 1 aromatic heterocycles. The normalized spacial score (nSPS) is 10.3. The van der Waals surface area contributed by atoms with E-state index in [1.807, 2.05) is 18.2 Å². The fraction of sp³-hybridized carbons (Fsp3) is 0.111. The van der Waals surface area contributed by atoms with Crippen LogP contribution in [0.4, 0.5) is 0 Å². The number of fused-ring (bicyclic) bond motifs is 1. The lowest BCUT2D eigenvalue weighted by molar-refractivity contribution is -0.107. The zero-order chi connectivity index (χ0) is 8.39. The van der Waals surface area contributed by atoms with E-state index >= 15 is 0 Å². The third-order valence-electron chi connectivity index (χ3n) is 1.74. The van der Waals surface area contributed by atoms with Crippen LogP contribution in [0.5, 0.6) is 0 Å². The van der Waals surface area contributed by atoms with Gasteiger partial charge in [0.05, 0.1) is 15.7 Å². The maximum Gasteiger partial charge on any atom is 0.124 e. The van der Waals surface area contributed by atoms with E-state index in [-0.39, 0.29) is 0 Å². The highest BCUT2D eigenvalue weighted by atomic mass is 32.1. The van der Waals surface area contributed by atoms with Crippen molar-refractivity contribution < 1.29 is 4.79 Å². The summed E-state index contributed by atoms with van der Waals surface area (Å²) in [7, 11) is 0. The second-order valence-corrected chi connectivity index (χ2v) is 3.34. The van der Waals surface area contributed by atoms with Gasteiger partial charge in [-0.1, -0.05) is 12.1 Å². The number of thiazole rings is 1. The van der Waals surface area contributed by atoms with Crippen LogP contribution in [0.1, 0.15) is 5.56 Å². The third kappa shape index (κ3) is 1.12. The number of nitrogens with zero attached hydrogens (tertiary/aromatic N) is 1. The molecule has 3 heteroatoms. The lowest BCUT2D eigenvalue weighted by Crippen LogP contribution is -1.84. The molecule has 0 atom stereocenters. The highest BCUT2D eigenvalue weighted by Gasteiger charge is 2.01. The minimum atomic E-state index is 0.486. The van der Waals surface area contributed by atoms with Crippen LogP contribution >= 0.6 is 11.3 Å². The van der Waals surface area contributed by atoms with Crippen molar-refractivity contribution in [1.82, 2.24) is 4.98 Å². The van der Waals surface area contributed by atoms with Gasteiger partial charge in [0, 0.05) is 6.42 Å². The molecule has 1 heterocycles. The number of rotatable bonds is 2. The van der Waals surface area contributed by atoms with Gasteiger partial charge in [0.1, 0.15) is 6.29 Å². The molecule has 12 heavy (non-hydrogen) atoms. The molecule has 0 spiro atoms. The molecule has 0 aliphatic carbocycles. The Bertz CT molecular complexity index is 408. The molecule has 0 aliphatic rings. The molecular weight excluding hydrogens is 170 g/mol. The number of carbonyl (C=O) groups is 1. The molecule has 0 fully saturated rings. The van der Waals surface area contributed by atoms with Gasteiger partial charge in [-0.3, -0.25) is 0 Å². The zero-order valence-electron chi connectivity index (χ0n) is 6.36. The highest BCUT2D eigenvalue weighted by Crippen LogP contribution is 2.21. The van der Waals surface area contributed by atoms with Crippen molar-refractivity contribution in [3.05, 3.63) is 29.3 Å². The van der Waals surface area contributed by atoms with E-state index in [1.165, 1.54) is 0 Å². The second kappa shape index (κ2) is 3.03. The SMILES string of the molecule is O=CCc1cccc2ncsc12. The molecule has 0 unspecified atom stereocenters. The smallest absolute Gasteiger partial charge is 0.124 e. The topological polar surface area (TPSA) is 30.0 Å². The molecule has 0 saturated heterocycles. The van der Waals surface area contributed by atoms with Gasteiger partial charge in [0.25, 0.3) is 0 Å². The van der Waals surface area contributed by atoms with Crippen molar-refractivity contribution in [2.75, 3.05) is 0 Å². The Morgan fingerprint density at radius 1 is 1.50 bits per heavy atom. The second-order valence-electron chi connectivity index (χ2n) is 2.49. The molecule has 2 aromatic rings. The number of aldehydes is 1. The minimum Gasteiger partial charge on any atom is -0.303 e. The summed E-state index contributed by atoms with van der Waals surface area (Å²) in [5, 5.41) is 0. The molecule has 0 N–H and O–H groups in total. The van der Waals surface area contributed by atoms with Gasteiger partial charge >= 0.3 is 0 Å². The van der Waals surface area contributed by atoms with E-state index in [0.717, 1.165) is 22.1 Å². The first-order valence-corrected chi connectivity index (χ1v) is 4.54. The maximum absolute atomic E-state index is 10.3. The Balaban J connectivity index is 2.65. The fourth-order valence-electron chi connectivity index (χ4n) is 1.20. The van der Waals surface area contributed by atoms with Crippen molar-refractivity contribution >= 4 is 27.8 Å². The van der Waals surface area contributed by atoms with Crippen LogP contribution in [0.3, 0.4) is 0 Å². The molecule has 0 bridgehead atoms. The Hall–Kier alpha value is -1.22. The summed E-state index contributed by atoms with van der Waals surface area (Å²) in [6.07, 6.45) is 1.41. The molecule has 1 aromatic carbocycles. The van der Waals surface area contributed by atoms with Crippen molar-refractivity contribution in [2.45, 2.75) is 6.42 Å². The summed E-state index contributed by atoms with van der Waals surface area (Å²) in [4.78, 5) is 14.5. The van der Waals surface area contributed by atoms with Crippen LogP contribution in [0.15, 0.2) is 23.7 Å². The average Bonchev–Trinajstić information content (AvgIpc) is 2.53. The minimum absolute atomic E-state index is 0.486. The quantitative estimate of drug-likeness (QED) is 0.657. The number of benzene rings is 1. The summed E-state index contributed by atoms with van der Waals surface area (Å²) in [6.45, 7) is 0. The van der Waals surface area contributed by atoms with Crippen molar-refractivity contribution in [3.8, 4) is 0 Å². The molecule has 60 valence electrons. The molecule has 2 nitrogen and oxygen atoms in total. The summed E-state index contributed by atoms with van der Waals surface area (Å²) in [5.41, 5.74) is 3.86. The lowest BCUT2D eigenvalue weighted by Gasteiger charge is -1.94. The van der Waals surface area contributed by atoms with Gasteiger partial charge in [-0.05, 0) is 11.6 Å². The van der Waals surface area contributed by atoms with Crippen molar-refractivity contribution in [3.63, 3.8) is 0 Å². The van der Waals surface area contributed by atoms with E-state index in [9.17, 15) is 4.79 Å². The summed E-state index contributed by atoms with van der Waals surface area (Å²) >= 11 is 1.58. The maximum atomic E-state index is 10.3. The molecular formula is C9H7NOS. The number of carbonyl (C=O) groups excluding carboxylic acids is 1. The van der Waals surface area contributed by atoms with Gasteiger partial charge in [-0.2, -0.15) is 0 Å². The van der Waals surface area contributed by atoms with Crippen molar-refractivity contribution in [1.29, 1.82) is 0 Å². The van der Waals surface area contributed by atoms with Crippen LogP contribution in [0, 0.1) is 0 Å². The molecule has 0 radical (unpaired) electrons. The van der Waals surface area contributed by atoms with Gasteiger partial charge in [0.2, 0.25) is 0 Å². The van der Waals surface area contributed by atoms with E-state index < -0.39 is 0 Å². The first kappa shape index (κ1) is 7.43. The molecule has 0 saturated carbocycles. The van der Waals surface area contributed by atoms with Gasteiger partial charge in [-0.25, -0.2) is 4.98 Å². The fourth-order valence-corrected chi connectivity index (χ4v) is 2.01. The number of hydrogen-bond acceptors (Lipinski definition) is 3. The number of hydrogen-bond donors (Lipinski definition) is 0. The van der Waals surface area contributed by atoms with Gasteiger partial charge in [0.15, 0.2) is 0 Å². The lowest BCUT2D eigenvalue weighted by atomic mass is 10.1. The predicted octanol–water partition coefficient (Wildman–Crippen LogP) is 2.04. The Morgan fingerprint density at radius 2 is 2.42 bits per heavy atom. The highest BCUT2D eigenvalue weighted by molar-refractivity contribution is 7.16. The summed E-state index contributed by atoms with van der Waals surface area (Å²) < 4.78 is 1.13. The molecule has 2 rings (SSSR count). The first-order valence-electron chi connectivity index (χ1n) is 3.66. The summed E-state index contributed by atoms with van der Waals surface area (Å²) in [5.74, 6) is 0. The zero-order valence-corrected chi connectivity index (χ0v) is 7.17.